The van der Waals surface area contributed by atoms with E-state index in [4.69, 9.17) is 27.9 Å². The second-order valence-corrected chi connectivity index (χ2v) is 16.7. The molecule has 5 nitrogen and oxygen atoms in total. The van der Waals surface area contributed by atoms with Gasteiger partial charge in [0.05, 0.1) is 10.3 Å². The van der Waals surface area contributed by atoms with Crippen molar-refractivity contribution >= 4 is 40.7 Å². The molecular formula is C36H50Cl2O5. The van der Waals surface area contributed by atoms with E-state index in [0.717, 1.165) is 89.0 Å². The van der Waals surface area contributed by atoms with Crippen LogP contribution in [0.5, 0.6) is 0 Å². The van der Waals surface area contributed by atoms with Crippen LogP contribution in [0.1, 0.15) is 111 Å². The van der Waals surface area contributed by atoms with Gasteiger partial charge in [0.15, 0.2) is 17.2 Å². The lowest BCUT2D eigenvalue weighted by molar-refractivity contribution is -0.194. The predicted octanol–water partition coefficient (Wildman–Crippen LogP) is 8.30. The molecule has 0 bridgehead atoms. The van der Waals surface area contributed by atoms with Crippen molar-refractivity contribution in [2.45, 2.75) is 127 Å². The predicted molar refractivity (Wildman–Crippen MR) is 169 cm³/mol. The molecule has 0 spiro atoms. The summed E-state index contributed by atoms with van der Waals surface area (Å²) in [5, 5.41) is 10.4. The number of carboxylic acid groups (broad SMARTS) is 1. The molecule has 0 saturated heterocycles. The van der Waals surface area contributed by atoms with Crippen molar-refractivity contribution in [1.29, 1.82) is 0 Å². The van der Waals surface area contributed by atoms with Crippen molar-refractivity contribution in [2.75, 3.05) is 6.61 Å². The van der Waals surface area contributed by atoms with Gasteiger partial charge in [-0.3, -0.25) is 9.59 Å². The third-order valence-electron chi connectivity index (χ3n) is 13.5. The Labute approximate surface area is 267 Å². The zero-order valence-corrected chi connectivity index (χ0v) is 27.7. The molecule has 43 heavy (non-hydrogen) atoms. The van der Waals surface area contributed by atoms with Gasteiger partial charge in [0.2, 0.25) is 0 Å². The van der Waals surface area contributed by atoms with Gasteiger partial charge < -0.3 is 9.84 Å². The third-order valence-corrected chi connectivity index (χ3v) is 15.0. The SMILES string of the molecule is C[C@@H]1C[C@H]2[C@@H]3CCC4=CC(=O)C=C[C@]4(C)[C@@]3(Cl)[C@@H](Cl)C[C@]2(C)[C@H]1C(=O)COC(C(=O)O)(C1CCCCC1)C1CCCCC1. The highest BCUT2D eigenvalue weighted by atomic mass is 35.5. The molecule has 5 saturated carbocycles. The molecule has 0 unspecified atom stereocenters. The van der Waals surface area contributed by atoms with Crippen molar-refractivity contribution in [1.82, 2.24) is 0 Å². The number of carboxylic acids is 1. The van der Waals surface area contributed by atoms with E-state index in [0.29, 0.717) is 6.42 Å². The number of aliphatic carboxylic acids is 1. The summed E-state index contributed by atoms with van der Waals surface area (Å²) in [6.45, 7) is 6.40. The molecule has 0 aromatic heterocycles. The minimum atomic E-state index is -1.28. The minimum absolute atomic E-state index is 0.0111. The van der Waals surface area contributed by atoms with Crippen molar-refractivity contribution < 1.29 is 24.2 Å². The first-order valence-electron chi connectivity index (χ1n) is 17.1. The molecule has 7 heteroatoms. The molecule has 0 aromatic carbocycles. The van der Waals surface area contributed by atoms with Gasteiger partial charge >= 0.3 is 5.97 Å². The second-order valence-electron chi connectivity index (χ2n) is 15.5. The Morgan fingerprint density at radius 2 is 1.60 bits per heavy atom. The Kier molecular flexibility index (Phi) is 8.55. The Bertz CT molecular complexity index is 1180. The lowest BCUT2D eigenvalue weighted by Gasteiger charge is -2.63. The Morgan fingerprint density at radius 3 is 2.19 bits per heavy atom. The fraction of sp³-hybridized carbons (Fsp3) is 0.806. The van der Waals surface area contributed by atoms with Gasteiger partial charge in [-0.05, 0) is 98.5 Å². The molecule has 0 amide bonds. The summed E-state index contributed by atoms with van der Waals surface area (Å²) in [5.41, 5.74) is -1.06. The number of rotatable bonds is 7. The summed E-state index contributed by atoms with van der Waals surface area (Å²) in [6, 6.07) is 0. The highest BCUT2D eigenvalue weighted by Gasteiger charge is 2.70. The van der Waals surface area contributed by atoms with E-state index in [2.05, 4.69) is 20.8 Å². The normalized spacial score (nSPS) is 42.1. The van der Waals surface area contributed by atoms with E-state index >= 15 is 0 Å². The number of alkyl halides is 2. The number of ketones is 2. The number of halogens is 2. The van der Waals surface area contributed by atoms with Gasteiger partial charge in [0.25, 0.3) is 0 Å². The average Bonchev–Trinajstić information content (AvgIpc) is 3.24. The van der Waals surface area contributed by atoms with E-state index in [1.54, 1.807) is 12.2 Å². The highest BCUT2D eigenvalue weighted by Crippen LogP contribution is 2.71. The molecule has 0 heterocycles. The lowest BCUT2D eigenvalue weighted by atomic mass is 9.47. The van der Waals surface area contributed by atoms with E-state index in [-0.39, 0.29) is 64.5 Å². The number of hydrogen-bond donors (Lipinski definition) is 1. The van der Waals surface area contributed by atoms with Gasteiger partial charge in [0.1, 0.15) is 6.61 Å². The van der Waals surface area contributed by atoms with E-state index in [9.17, 15) is 19.5 Å². The molecule has 5 fully saturated rings. The first-order valence-corrected chi connectivity index (χ1v) is 17.9. The Balaban J connectivity index is 1.27. The highest BCUT2D eigenvalue weighted by molar-refractivity contribution is 6.34. The first kappa shape index (κ1) is 31.8. The van der Waals surface area contributed by atoms with E-state index in [1.807, 2.05) is 6.08 Å². The van der Waals surface area contributed by atoms with Crippen LogP contribution < -0.4 is 0 Å². The number of carbonyl (C=O) groups excluding carboxylic acids is 2. The number of allylic oxidation sites excluding steroid dienone is 4. The van der Waals surface area contributed by atoms with Crippen LogP contribution in [-0.4, -0.2) is 45.1 Å². The van der Waals surface area contributed by atoms with E-state index in [1.165, 1.54) is 0 Å². The zero-order valence-electron chi connectivity index (χ0n) is 26.2. The lowest BCUT2D eigenvalue weighted by Crippen LogP contribution is -2.64. The molecule has 6 aliphatic carbocycles. The topological polar surface area (TPSA) is 80.7 Å². The monoisotopic (exact) mass is 632 g/mol. The van der Waals surface area contributed by atoms with Crippen molar-refractivity contribution in [2.24, 2.45) is 46.3 Å². The van der Waals surface area contributed by atoms with E-state index < -0.39 is 21.9 Å². The summed E-state index contributed by atoms with van der Waals surface area (Å²) in [6.07, 6.45) is 18.4. The molecule has 0 radical (unpaired) electrons. The molecule has 1 N–H and O–H groups in total. The van der Waals surface area contributed by atoms with Gasteiger partial charge in [-0.2, -0.15) is 0 Å². The van der Waals surface area contributed by atoms with Crippen LogP contribution in [0.2, 0.25) is 0 Å². The largest absolute Gasteiger partial charge is 0.479 e. The smallest absolute Gasteiger partial charge is 0.336 e. The molecular weight excluding hydrogens is 583 g/mol. The van der Waals surface area contributed by atoms with Gasteiger partial charge in [-0.25, -0.2) is 4.79 Å². The number of hydrogen-bond acceptors (Lipinski definition) is 4. The summed E-state index contributed by atoms with van der Waals surface area (Å²) in [5.74, 6) is -0.705. The molecule has 0 aliphatic heterocycles. The summed E-state index contributed by atoms with van der Waals surface area (Å²) < 4.78 is 6.61. The fourth-order valence-corrected chi connectivity index (χ4v) is 12.8. The summed E-state index contributed by atoms with van der Waals surface area (Å²) in [4.78, 5) is 39.1. The van der Waals surface area contributed by atoms with Crippen molar-refractivity contribution in [3.8, 4) is 0 Å². The van der Waals surface area contributed by atoms with Gasteiger partial charge in [-0.1, -0.05) is 70.9 Å². The standard InChI is InChI=1S/C36H50Cl2O5/c1-22-18-28-27-15-14-25-19-26(39)16-17-34(25,3)36(27,38)30(37)20-33(28,2)31(22)29(40)21-43-35(32(41)42,23-10-6-4-7-11-23)24-12-8-5-9-13-24/h16-17,19,22-24,27-28,30-31H,4-15,18,20-21H2,1-3H3,(H,41,42)/t22-,27+,28+,30+,31-,33+,34+,36+/m1/s1. The fourth-order valence-electron chi connectivity index (χ4n) is 11.5. The molecule has 238 valence electrons. The van der Waals surface area contributed by atoms with Crippen LogP contribution in [-0.2, 0) is 19.1 Å². The number of ether oxygens (including phenoxy) is 1. The maximum absolute atomic E-state index is 14.4. The maximum Gasteiger partial charge on any atom is 0.336 e. The van der Waals surface area contributed by atoms with Gasteiger partial charge in [-0.15, -0.1) is 23.2 Å². The number of carbonyl (C=O) groups is 3. The molecule has 8 atom stereocenters. The molecule has 6 rings (SSSR count). The third kappa shape index (κ3) is 4.75. The van der Waals surface area contributed by atoms with Crippen LogP contribution in [0.25, 0.3) is 0 Å². The second kappa shape index (κ2) is 11.6. The summed E-state index contributed by atoms with van der Waals surface area (Å²) >= 11 is 15.1. The summed E-state index contributed by atoms with van der Waals surface area (Å²) in [7, 11) is 0. The van der Waals surface area contributed by atoms with Crippen LogP contribution in [0, 0.1) is 46.3 Å². The zero-order chi connectivity index (χ0) is 30.8. The van der Waals surface area contributed by atoms with Gasteiger partial charge in [0, 0.05) is 11.3 Å². The van der Waals surface area contributed by atoms with Crippen LogP contribution in [0.15, 0.2) is 23.8 Å². The Hall–Kier alpha value is -1.17. The first-order chi connectivity index (χ1) is 20.4. The molecule has 0 aromatic rings. The maximum atomic E-state index is 14.4. The minimum Gasteiger partial charge on any atom is -0.479 e. The number of fused-ring (bicyclic) bond motifs is 5. The van der Waals surface area contributed by atoms with Crippen LogP contribution in [0.4, 0.5) is 0 Å². The number of Topliss-reactive ketones (excluding diaryl/α,β-unsaturated/α-hetero) is 1. The quantitative estimate of drug-likeness (QED) is 0.285. The van der Waals surface area contributed by atoms with Crippen LogP contribution >= 0.6 is 23.2 Å². The van der Waals surface area contributed by atoms with Crippen LogP contribution in [0.3, 0.4) is 0 Å². The van der Waals surface area contributed by atoms with Crippen molar-refractivity contribution in [3.05, 3.63) is 23.8 Å². The Morgan fingerprint density at radius 1 is 1.00 bits per heavy atom. The average molecular weight is 634 g/mol. The van der Waals surface area contributed by atoms with Crippen molar-refractivity contribution in [3.63, 3.8) is 0 Å². The molecule has 6 aliphatic rings.